The molecule has 0 bridgehead atoms. The molecule has 1 saturated heterocycles. The monoisotopic (exact) mass is 591 g/mol. The molecule has 44 heavy (non-hydrogen) atoms. The van der Waals surface area contributed by atoms with Crippen LogP contribution in [0.2, 0.25) is 0 Å². The first kappa shape index (κ1) is 29.0. The molecular formula is C34H28F3N7. The summed E-state index contributed by atoms with van der Waals surface area (Å²) in [6, 6.07) is 20.6. The summed E-state index contributed by atoms with van der Waals surface area (Å²) in [6.45, 7) is 3.50. The van der Waals surface area contributed by atoms with E-state index in [9.17, 15) is 23.7 Å². The predicted octanol–water partition coefficient (Wildman–Crippen LogP) is 6.61. The van der Waals surface area contributed by atoms with E-state index in [0.29, 0.717) is 34.0 Å². The number of nitriles is 2. The highest BCUT2D eigenvalue weighted by molar-refractivity contribution is 5.90. The maximum Gasteiger partial charge on any atom is 0.433 e. The highest BCUT2D eigenvalue weighted by atomic mass is 19.4. The molecule has 0 aliphatic carbocycles. The van der Waals surface area contributed by atoms with Crippen molar-refractivity contribution in [1.82, 2.24) is 25.1 Å². The van der Waals surface area contributed by atoms with Crippen LogP contribution in [0.5, 0.6) is 0 Å². The van der Waals surface area contributed by atoms with E-state index < -0.39 is 11.9 Å². The molecular weight excluding hydrogens is 563 g/mol. The first-order valence-corrected chi connectivity index (χ1v) is 14.4. The van der Waals surface area contributed by atoms with Crippen LogP contribution in [0.25, 0.3) is 16.6 Å². The minimum absolute atomic E-state index is 0.163. The van der Waals surface area contributed by atoms with Gasteiger partial charge >= 0.3 is 6.18 Å². The first-order chi connectivity index (χ1) is 21.3. The highest BCUT2D eigenvalue weighted by Crippen LogP contribution is 2.40. The molecule has 220 valence electrons. The Morgan fingerprint density at radius 2 is 1.80 bits per heavy atom. The van der Waals surface area contributed by atoms with Crippen LogP contribution in [-0.2, 0) is 12.6 Å². The summed E-state index contributed by atoms with van der Waals surface area (Å²) in [7, 11) is 0. The molecule has 1 aliphatic rings. The van der Waals surface area contributed by atoms with Crippen LogP contribution in [0.15, 0.2) is 73.2 Å². The second kappa shape index (κ2) is 11.9. The molecule has 6 rings (SSSR count). The maximum atomic E-state index is 13.3. The van der Waals surface area contributed by atoms with Gasteiger partial charge in [0.25, 0.3) is 0 Å². The van der Waals surface area contributed by atoms with Gasteiger partial charge in [-0.15, -0.1) is 0 Å². The van der Waals surface area contributed by atoms with Crippen molar-refractivity contribution in [1.29, 1.82) is 10.5 Å². The Kier molecular flexibility index (Phi) is 7.86. The molecule has 0 radical (unpaired) electrons. The number of rotatable bonds is 6. The number of nitrogens with one attached hydrogen (secondary N) is 1. The molecule has 0 spiro atoms. The third-order valence-corrected chi connectivity index (χ3v) is 8.36. The van der Waals surface area contributed by atoms with Gasteiger partial charge < -0.3 is 5.32 Å². The van der Waals surface area contributed by atoms with E-state index in [1.54, 1.807) is 10.9 Å². The smallest absolute Gasteiger partial charge is 0.317 e. The summed E-state index contributed by atoms with van der Waals surface area (Å²) in [4.78, 5) is 8.48. The predicted molar refractivity (Wildman–Crippen MR) is 159 cm³/mol. The second-order valence-corrected chi connectivity index (χ2v) is 11.1. The standard InChI is InChI=1S/C34H28F3N7/c1-21-15-25(32(23-9-12-40-13-10-23)24-5-8-31(41-20-24)34(35,36)37)17-28-29(18-38)27(30(19-39)43-33(21)28)16-22-3-6-26(7-4-22)44-14-2-11-42-44/h2-8,11,14-15,17,20,23,32,40H,9-10,12-13,16H2,1H3. The third-order valence-electron chi connectivity index (χ3n) is 8.36. The Morgan fingerprint density at radius 3 is 2.41 bits per heavy atom. The van der Waals surface area contributed by atoms with E-state index in [1.807, 2.05) is 55.6 Å². The molecule has 0 amide bonds. The fraction of sp³-hybridized carbons (Fsp3) is 0.265. The van der Waals surface area contributed by atoms with E-state index in [-0.39, 0.29) is 17.5 Å². The van der Waals surface area contributed by atoms with Gasteiger partial charge in [-0.05, 0) is 91.4 Å². The van der Waals surface area contributed by atoms with Gasteiger partial charge in [-0.2, -0.15) is 28.8 Å². The number of aromatic nitrogens is 4. The Labute approximate surface area is 252 Å². The van der Waals surface area contributed by atoms with Crippen LogP contribution in [0.4, 0.5) is 13.2 Å². The van der Waals surface area contributed by atoms with Crippen molar-refractivity contribution in [3.63, 3.8) is 0 Å². The van der Waals surface area contributed by atoms with Crippen molar-refractivity contribution in [3.05, 3.63) is 118 Å². The van der Waals surface area contributed by atoms with Crippen molar-refractivity contribution >= 4 is 10.9 Å². The number of fused-ring (bicyclic) bond motifs is 1. The van der Waals surface area contributed by atoms with Crippen molar-refractivity contribution in [2.45, 2.75) is 38.3 Å². The van der Waals surface area contributed by atoms with Gasteiger partial charge in [0.15, 0.2) is 0 Å². The number of hydrogen-bond donors (Lipinski definition) is 1. The maximum absolute atomic E-state index is 13.3. The zero-order valence-electron chi connectivity index (χ0n) is 23.9. The van der Waals surface area contributed by atoms with Gasteiger partial charge in [0.1, 0.15) is 23.5 Å². The fourth-order valence-electron chi connectivity index (χ4n) is 6.24. The molecule has 7 nitrogen and oxygen atoms in total. The van der Waals surface area contributed by atoms with Crippen LogP contribution >= 0.6 is 0 Å². The Balaban J connectivity index is 1.46. The molecule has 1 unspecified atom stereocenters. The van der Waals surface area contributed by atoms with Gasteiger partial charge in [-0.3, -0.25) is 4.98 Å². The minimum atomic E-state index is -4.52. The number of halogens is 3. The fourth-order valence-corrected chi connectivity index (χ4v) is 6.24. The van der Waals surface area contributed by atoms with E-state index in [1.165, 1.54) is 12.3 Å². The van der Waals surface area contributed by atoms with Crippen molar-refractivity contribution in [2.24, 2.45) is 5.92 Å². The Morgan fingerprint density at radius 1 is 1.02 bits per heavy atom. The lowest BCUT2D eigenvalue weighted by Crippen LogP contribution is -2.31. The van der Waals surface area contributed by atoms with E-state index in [2.05, 4.69) is 27.5 Å². The van der Waals surface area contributed by atoms with Crippen molar-refractivity contribution in [2.75, 3.05) is 13.1 Å². The van der Waals surface area contributed by atoms with Crippen LogP contribution in [0, 0.1) is 35.5 Å². The molecule has 10 heteroatoms. The quantitative estimate of drug-likeness (QED) is 0.238. The van der Waals surface area contributed by atoms with Gasteiger partial charge in [-0.25, -0.2) is 9.67 Å². The van der Waals surface area contributed by atoms with Crippen molar-refractivity contribution < 1.29 is 13.2 Å². The van der Waals surface area contributed by atoms with Gasteiger partial charge in [0.2, 0.25) is 0 Å². The van der Waals surface area contributed by atoms with Gasteiger partial charge in [0.05, 0.1) is 16.8 Å². The normalized spacial score (nSPS) is 14.7. The van der Waals surface area contributed by atoms with Gasteiger partial charge in [0, 0.05) is 41.9 Å². The van der Waals surface area contributed by atoms with E-state index in [4.69, 9.17) is 4.98 Å². The molecule has 3 aromatic heterocycles. The molecule has 1 fully saturated rings. The van der Waals surface area contributed by atoms with Crippen LogP contribution in [-0.4, -0.2) is 32.8 Å². The van der Waals surface area contributed by atoms with Crippen LogP contribution in [0.1, 0.15) is 63.5 Å². The molecule has 1 atom stereocenters. The lowest BCUT2D eigenvalue weighted by Gasteiger charge is -2.32. The second-order valence-electron chi connectivity index (χ2n) is 11.1. The lowest BCUT2D eigenvalue weighted by molar-refractivity contribution is -0.141. The highest BCUT2D eigenvalue weighted by Gasteiger charge is 2.34. The minimum Gasteiger partial charge on any atom is -0.317 e. The van der Waals surface area contributed by atoms with E-state index in [0.717, 1.165) is 54.4 Å². The van der Waals surface area contributed by atoms with Crippen LogP contribution < -0.4 is 5.32 Å². The summed E-state index contributed by atoms with van der Waals surface area (Å²) in [5.41, 5.74) is 4.92. The summed E-state index contributed by atoms with van der Waals surface area (Å²) in [5, 5.41) is 28.7. The molecule has 4 heterocycles. The molecule has 1 aliphatic heterocycles. The van der Waals surface area contributed by atoms with E-state index >= 15 is 0 Å². The molecule has 2 aromatic carbocycles. The number of nitrogens with zero attached hydrogens (tertiary/aromatic N) is 6. The van der Waals surface area contributed by atoms with Crippen molar-refractivity contribution in [3.8, 4) is 17.8 Å². The largest absolute Gasteiger partial charge is 0.433 e. The number of hydrogen-bond acceptors (Lipinski definition) is 6. The van der Waals surface area contributed by atoms with Crippen LogP contribution in [0.3, 0.4) is 0 Å². The SMILES string of the molecule is Cc1cc(C(c2ccc(C(F)(F)F)nc2)C2CCNCC2)cc2c(C#N)c(Cc3ccc(-n4cccn4)cc3)c(C#N)nc12. The average molecular weight is 592 g/mol. The summed E-state index contributed by atoms with van der Waals surface area (Å²) in [6.07, 6.45) is 2.38. The Bertz CT molecular complexity index is 1880. The number of pyridine rings is 2. The summed E-state index contributed by atoms with van der Waals surface area (Å²) in [5.74, 6) is -0.0632. The summed E-state index contributed by atoms with van der Waals surface area (Å²) >= 11 is 0. The lowest BCUT2D eigenvalue weighted by atomic mass is 9.76. The Hall–Kier alpha value is -5.06. The number of benzene rings is 2. The topological polar surface area (TPSA) is 103 Å². The zero-order valence-corrected chi connectivity index (χ0v) is 23.9. The molecule has 5 aromatic rings. The summed E-state index contributed by atoms with van der Waals surface area (Å²) < 4.78 is 41.7. The number of aryl methyl sites for hydroxylation is 1. The van der Waals surface area contributed by atoms with Gasteiger partial charge in [-0.1, -0.05) is 24.3 Å². The third kappa shape index (κ3) is 5.64. The first-order valence-electron chi connectivity index (χ1n) is 14.4. The average Bonchev–Trinajstić information content (AvgIpc) is 3.57. The molecule has 1 N–H and O–H groups in total. The number of piperidine rings is 1. The number of alkyl halides is 3. The zero-order chi connectivity index (χ0) is 30.8. The molecule has 0 saturated carbocycles.